The number of carbonyl (C=O) groups is 1. The number of imidazole rings is 1. The molecule has 2 aromatic rings. The smallest absolute Gasteiger partial charge is 0.233 e. The lowest BCUT2D eigenvalue weighted by Crippen LogP contribution is -2.30. The van der Waals surface area contributed by atoms with Crippen molar-refractivity contribution < 1.29 is 4.79 Å². The van der Waals surface area contributed by atoms with E-state index < -0.39 is 0 Å². The number of hydrogen-bond acceptors (Lipinski definition) is 3. The highest BCUT2D eigenvalue weighted by Gasteiger charge is 2.23. The molecule has 1 atom stereocenters. The molecule has 0 aliphatic carbocycles. The summed E-state index contributed by atoms with van der Waals surface area (Å²) in [4.78, 5) is 18.7. The fourth-order valence-electron chi connectivity index (χ4n) is 3.06. The van der Waals surface area contributed by atoms with Gasteiger partial charge >= 0.3 is 0 Å². The van der Waals surface area contributed by atoms with Crippen molar-refractivity contribution in [3.05, 3.63) is 41.7 Å². The normalized spacial score (nSPS) is 17.7. The number of thioether (sulfide) groups is 1. The van der Waals surface area contributed by atoms with Gasteiger partial charge in [0.25, 0.3) is 0 Å². The molecule has 1 aliphatic rings. The van der Waals surface area contributed by atoms with E-state index in [1.807, 2.05) is 11.1 Å². The van der Waals surface area contributed by atoms with Crippen molar-refractivity contribution in [2.75, 3.05) is 18.8 Å². The van der Waals surface area contributed by atoms with Gasteiger partial charge in [0.05, 0.1) is 5.75 Å². The first-order chi connectivity index (χ1) is 11.0. The molecule has 0 radical (unpaired) electrons. The van der Waals surface area contributed by atoms with Gasteiger partial charge in [-0.25, -0.2) is 4.98 Å². The van der Waals surface area contributed by atoms with Crippen molar-refractivity contribution in [1.29, 1.82) is 0 Å². The lowest BCUT2D eigenvalue weighted by atomic mass is 10.1. The molecule has 122 valence electrons. The lowest BCUT2D eigenvalue weighted by molar-refractivity contribution is -0.127. The minimum Gasteiger partial charge on any atom is -0.342 e. The molecule has 1 aromatic heterocycles. The summed E-state index contributed by atoms with van der Waals surface area (Å²) in [5, 5.41) is 0.871. The minimum absolute atomic E-state index is 0.217. The molecule has 5 heteroatoms. The third-order valence-corrected chi connectivity index (χ3v) is 5.14. The van der Waals surface area contributed by atoms with Crippen molar-refractivity contribution >= 4 is 17.7 Å². The molecule has 1 saturated heterocycles. The Bertz CT molecular complexity index is 690. The van der Waals surface area contributed by atoms with Crippen molar-refractivity contribution in [3.63, 3.8) is 0 Å². The number of rotatable bonds is 4. The highest BCUT2D eigenvalue weighted by Crippen LogP contribution is 2.23. The van der Waals surface area contributed by atoms with Crippen molar-refractivity contribution in [3.8, 4) is 5.69 Å². The number of likely N-dealkylation sites (tertiary alicyclic amines) is 1. The largest absolute Gasteiger partial charge is 0.342 e. The molecule has 0 saturated carbocycles. The summed E-state index contributed by atoms with van der Waals surface area (Å²) in [5.41, 5.74) is 3.56. The average molecular weight is 329 g/mol. The number of nitrogens with zero attached hydrogens (tertiary/aromatic N) is 3. The first-order valence-electron chi connectivity index (χ1n) is 8.05. The molecule has 1 aromatic carbocycles. The predicted octanol–water partition coefficient (Wildman–Crippen LogP) is 3.45. The monoisotopic (exact) mass is 329 g/mol. The Balaban J connectivity index is 1.70. The van der Waals surface area contributed by atoms with Crippen LogP contribution in [0.2, 0.25) is 0 Å². The van der Waals surface area contributed by atoms with Crippen LogP contribution in [0.4, 0.5) is 0 Å². The van der Waals surface area contributed by atoms with E-state index in [-0.39, 0.29) is 5.91 Å². The summed E-state index contributed by atoms with van der Waals surface area (Å²) in [6, 6.07) is 6.44. The van der Waals surface area contributed by atoms with Gasteiger partial charge in [0.1, 0.15) is 0 Å². The van der Waals surface area contributed by atoms with Crippen molar-refractivity contribution in [1.82, 2.24) is 14.5 Å². The van der Waals surface area contributed by atoms with E-state index in [0.717, 1.165) is 30.4 Å². The Morgan fingerprint density at radius 3 is 2.70 bits per heavy atom. The summed E-state index contributed by atoms with van der Waals surface area (Å²) in [5.74, 6) is 1.30. The van der Waals surface area contributed by atoms with E-state index in [2.05, 4.69) is 48.5 Å². The van der Waals surface area contributed by atoms with Gasteiger partial charge in [-0.2, -0.15) is 0 Å². The average Bonchev–Trinajstić information content (AvgIpc) is 3.12. The van der Waals surface area contributed by atoms with E-state index >= 15 is 0 Å². The fraction of sp³-hybridized carbons (Fsp3) is 0.444. The van der Waals surface area contributed by atoms with Crippen LogP contribution < -0.4 is 0 Å². The van der Waals surface area contributed by atoms with Crippen molar-refractivity contribution in [2.24, 2.45) is 5.92 Å². The van der Waals surface area contributed by atoms with Crippen LogP contribution in [-0.2, 0) is 4.79 Å². The maximum Gasteiger partial charge on any atom is 0.233 e. The molecule has 4 nitrogen and oxygen atoms in total. The van der Waals surface area contributed by atoms with E-state index in [9.17, 15) is 4.79 Å². The fourth-order valence-corrected chi connectivity index (χ4v) is 3.94. The van der Waals surface area contributed by atoms with Crippen LogP contribution in [0.3, 0.4) is 0 Å². The zero-order valence-electron chi connectivity index (χ0n) is 14.0. The first-order valence-corrected chi connectivity index (χ1v) is 9.04. The first kappa shape index (κ1) is 16.1. The molecule has 23 heavy (non-hydrogen) atoms. The molecule has 1 amide bonds. The van der Waals surface area contributed by atoms with Crippen LogP contribution in [0, 0.1) is 19.8 Å². The zero-order chi connectivity index (χ0) is 16.4. The maximum atomic E-state index is 12.3. The molecule has 3 rings (SSSR count). The third-order valence-electron chi connectivity index (χ3n) is 4.19. The molecule has 0 spiro atoms. The number of benzene rings is 1. The van der Waals surface area contributed by atoms with Gasteiger partial charge in [-0.3, -0.25) is 9.36 Å². The lowest BCUT2D eigenvalue weighted by Gasteiger charge is -2.15. The van der Waals surface area contributed by atoms with Gasteiger partial charge in [-0.1, -0.05) is 24.8 Å². The molecule has 2 heterocycles. The van der Waals surface area contributed by atoms with Crippen LogP contribution in [0.15, 0.2) is 35.7 Å². The number of aromatic nitrogens is 2. The maximum absolute atomic E-state index is 12.3. The SMILES string of the molecule is Cc1cc(C)cc(-n2ccnc2SCC(=O)N2CCC(C)C2)c1. The standard InChI is InChI=1S/C18H23N3OS/c1-13-4-6-20(11-13)17(22)12-23-18-19-5-7-21(18)16-9-14(2)8-15(3)10-16/h5,7-10,13H,4,6,11-12H2,1-3H3. The summed E-state index contributed by atoms with van der Waals surface area (Å²) in [6.07, 6.45) is 4.87. The Hall–Kier alpha value is -1.75. The Labute approximate surface area is 141 Å². The Morgan fingerprint density at radius 1 is 1.30 bits per heavy atom. The molecular weight excluding hydrogens is 306 g/mol. The van der Waals surface area contributed by atoms with E-state index in [4.69, 9.17) is 0 Å². The Morgan fingerprint density at radius 2 is 2.04 bits per heavy atom. The number of hydrogen-bond donors (Lipinski definition) is 0. The number of aryl methyl sites for hydroxylation is 2. The molecular formula is C18H23N3OS. The number of amides is 1. The predicted molar refractivity (Wildman–Crippen MR) is 94.1 cm³/mol. The van der Waals surface area contributed by atoms with Crippen LogP contribution >= 0.6 is 11.8 Å². The van der Waals surface area contributed by atoms with Crippen LogP contribution in [0.1, 0.15) is 24.5 Å². The molecule has 1 fully saturated rings. The Kier molecular flexibility index (Phi) is 4.76. The molecule has 1 aliphatic heterocycles. The van der Waals surface area contributed by atoms with E-state index in [1.54, 1.807) is 6.20 Å². The van der Waals surface area contributed by atoms with Gasteiger partial charge in [-0.05, 0) is 49.4 Å². The van der Waals surface area contributed by atoms with E-state index in [1.165, 1.54) is 22.9 Å². The highest BCUT2D eigenvalue weighted by molar-refractivity contribution is 7.99. The van der Waals surface area contributed by atoms with Gasteiger partial charge in [-0.15, -0.1) is 0 Å². The number of carbonyl (C=O) groups excluding carboxylic acids is 1. The summed E-state index contributed by atoms with van der Waals surface area (Å²) >= 11 is 1.52. The molecule has 0 N–H and O–H groups in total. The third kappa shape index (κ3) is 3.78. The van der Waals surface area contributed by atoms with Gasteiger partial charge < -0.3 is 4.90 Å². The van der Waals surface area contributed by atoms with Gasteiger partial charge in [0.15, 0.2) is 5.16 Å². The zero-order valence-corrected chi connectivity index (χ0v) is 14.8. The summed E-state index contributed by atoms with van der Waals surface area (Å²) in [6.45, 7) is 8.18. The summed E-state index contributed by atoms with van der Waals surface area (Å²) in [7, 11) is 0. The second-order valence-corrected chi connectivity index (χ2v) is 7.39. The second kappa shape index (κ2) is 6.79. The van der Waals surface area contributed by atoms with E-state index in [0.29, 0.717) is 11.7 Å². The second-order valence-electron chi connectivity index (χ2n) is 6.45. The van der Waals surface area contributed by atoms with Gasteiger partial charge in [0, 0.05) is 31.2 Å². The quantitative estimate of drug-likeness (QED) is 0.806. The highest BCUT2D eigenvalue weighted by atomic mass is 32.2. The van der Waals surface area contributed by atoms with Gasteiger partial charge in [0.2, 0.25) is 5.91 Å². The van der Waals surface area contributed by atoms with Crippen LogP contribution in [0.5, 0.6) is 0 Å². The summed E-state index contributed by atoms with van der Waals surface area (Å²) < 4.78 is 2.06. The van der Waals surface area contributed by atoms with Crippen molar-refractivity contribution in [2.45, 2.75) is 32.3 Å². The minimum atomic E-state index is 0.217. The molecule has 0 bridgehead atoms. The van der Waals surface area contributed by atoms with Crippen LogP contribution in [-0.4, -0.2) is 39.2 Å². The molecule has 1 unspecified atom stereocenters. The van der Waals surface area contributed by atoms with Crippen LogP contribution in [0.25, 0.3) is 5.69 Å². The topological polar surface area (TPSA) is 38.1 Å².